The van der Waals surface area contributed by atoms with Gasteiger partial charge in [-0.05, 0) is 47.5 Å². The number of carbonyl (C=O) groups excluding carboxylic acids is 1. The fourth-order valence-corrected chi connectivity index (χ4v) is 2.60. The Balaban J connectivity index is 1.64. The van der Waals surface area contributed by atoms with Crippen molar-refractivity contribution in [2.75, 3.05) is 7.11 Å². The monoisotopic (exact) mass is 394 g/mol. The molecule has 3 aromatic rings. The van der Waals surface area contributed by atoms with Crippen molar-refractivity contribution >= 4 is 23.7 Å². The molecule has 28 heavy (non-hydrogen) atoms. The number of carbonyl (C=O) groups is 1. The Bertz CT molecular complexity index is 972. The zero-order valence-corrected chi connectivity index (χ0v) is 16.0. The lowest BCUT2D eigenvalue weighted by Crippen LogP contribution is -2.18. The van der Waals surface area contributed by atoms with Gasteiger partial charge in [-0.25, -0.2) is 5.43 Å². The summed E-state index contributed by atoms with van der Waals surface area (Å²) in [7, 11) is 1.60. The smallest absolute Gasteiger partial charge is 0.275 e. The molecule has 3 rings (SSSR count). The number of hydrogen-bond acceptors (Lipinski definition) is 4. The topological polar surface area (TPSA) is 59.9 Å². The predicted molar refractivity (Wildman–Crippen MR) is 110 cm³/mol. The molecule has 0 radical (unpaired) electrons. The number of ether oxygens (including phenoxy) is 2. The second-order valence-corrected chi connectivity index (χ2v) is 6.32. The van der Waals surface area contributed by atoms with Crippen molar-refractivity contribution < 1.29 is 14.3 Å². The summed E-state index contributed by atoms with van der Waals surface area (Å²) in [6, 6.07) is 21.7. The molecule has 0 aliphatic rings. The molecule has 0 unspecified atom stereocenters. The highest BCUT2D eigenvalue weighted by atomic mass is 35.5. The van der Waals surface area contributed by atoms with Crippen molar-refractivity contribution in [2.24, 2.45) is 5.10 Å². The molecule has 0 aliphatic carbocycles. The fourth-order valence-electron chi connectivity index (χ4n) is 2.47. The summed E-state index contributed by atoms with van der Waals surface area (Å²) in [5.74, 6) is 0.841. The molecule has 0 bridgehead atoms. The van der Waals surface area contributed by atoms with Gasteiger partial charge in [0.15, 0.2) is 0 Å². The van der Waals surface area contributed by atoms with E-state index in [4.69, 9.17) is 21.1 Å². The molecule has 3 aromatic carbocycles. The fraction of sp³-hybridized carbons (Fsp3) is 0.0909. The molecule has 0 heterocycles. The number of hydrazone groups is 1. The molecule has 0 spiro atoms. The van der Waals surface area contributed by atoms with Crippen LogP contribution >= 0.6 is 11.6 Å². The molecule has 0 saturated heterocycles. The number of nitrogens with zero attached hydrogens (tertiary/aromatic N) is 1. The SMILES string of the molecule is COc1cccc(C=NNC(=O)c2ccccc2OCc2ccc(Cl)cc2)c1. The van der Waals surface area contributed by atoms with Crippen molar-refractivity contribution in [1.29, 1.82) is 0 Å². The van der Waals surface area contributed by atoms with Crippen LogP contribution in [0.15, 0.2) is 77.9 Å². The quantitative estimate of drug-likeness (QED) is 0.467. The molecule has 142 valence electrons. The third-order valence-corrected chi connectivity index (χ3v) is 4.16. The summed E-state index contributed by atoms with van der Waals surface area (Å²) < 4.78 is 11.0. The highest BCUT2D eigenvalue weighted by molar-refractivity contribution is 6.30. The molecule has 1 N–H and O–H groups in total. The first-order valence-corrected chi connectivity index (χ1v) is 8.97. The molecule has 0 atom stereocenters. The van der Waals surface area contributed by atoms with Crippen LogP contribution in [0.5, 0.6) is 11.5 Å². The predicted octanol–water partition coefficient (Wildman–Crippen LogP) is 4.69. The van der Waals surface area contributed by atoms with Crippen LogP contribution in [-0.4, -0.2) is 19.2 Å². The zero-order valence-electron chi connectivity index (χ0n) is 15.3. The largest absolute Gasteiger partial charge is 0.497 e. The lowest BCUT2D eigenvalue weighted by molar-refractivity contribution is 0.0950. The Hall–Kier alpha value is -3.31. The Kier molecular flexibility index (Phi) is 6.65. The van der Waals surface area contributed by atoms with Crippen LogP contribution in [0.1, 0.15) is 21.5 Å². The van der Waals surface area contributed by atoms with Crippen LogP contribution in [0.25, 0.3) is 0 Å². The second-order valence-electron chi connectivity index (χ2n) is 5.89. The number of halogens is 1. The summed E-state index contributed by atoms with van der Waals surface area (Å²) >= 11 is 5.89. The standard InChI is InChI=1S/C22H19ClN2O3/c1-27-19-6-4-5-17(13-19)14-24-25-22(26)20-7-2-3-8-21(20)28-15-16-9-11-18(23)12-10-16/h2-14H,15H2,1H3,(H,25,26). The number of methoxy groups -OCH3 is 1. The van der Waals surface area contributed by atoms with Crippen molar-refractivity contribution in [1.82, 2.24) is 5.43 Å². The van der Waals surface area contributed by atoms with Crippen LogP contribution in [0.4, 0.5) is 0 Å². The van der Waals surface area contributed by atoms with Crippen LogP contribution in [0, 0.1) is 0 Å². The molecule has 0 saturated carbocycles. The van der Waals surface area contributed by atoms with Gasteiger partial charge in [-0.3, -0.25) is 4.79 Å². The van der Waals surface area contributed by atoms with Crippen molar-refractivity contribution in [2.45, 2.75) is 6.61 Å². The van der Waals surface area contributed by atoms with E-state index in [0.29, 0.717) is 22.9 Å². The van der Waals surface area contributed by atoms with Gasteiger partial charge in [0.05, 0.1) is 18.9 Å². The number of para-hydroxylation sites is 1. The second kappa shape index (κ2) is 9.58. The van der Waals surface area contributed by atoms with Crippen LogP contribution < -0.4 is 14.9 Å². The highest BCUT2D eigenvalue weighted by Crippen LogP contribution is 2.20. The Morgan fingerprint density at radius 1 is 1.07 bits per heavy atom. The third-order valence-electron chi connectivity index (χ3n) is 3.91. The molecule has 6 heteroatoms. The number of rotatable bonds is 7. The minimum Gasteiger partial charge on any atom is -0.497 e. The molecular formula is C22H19ClN2O3. The van der Waals surface area contributed by atoms with Gasteiger partial charge in [-0.2, -0.15) is 5.10 Å². The average Bonchev–Trinajstić information content (AvgIpc) is 2.73. The van der Waals surface area contributed by atoms with Crippen LogP contribution in [0.2, 0.25) is 5.02 Å². The first-order valence-electron chi connectivity index (χ1n) is 8.59. The Labute approximate surface area is 168 Å². The van der Waals surface area contributed by atoms with E-state index in [-0.39, 0.29) is 5.91 Å². The summed E-state index contributed by atoms with van der Waals surface area (Å²) in [6.07, 6.45) is 1.55. The lowest BCUT2D eigenvalue weighted by Gasteiger charge is -2.10. The van der Waals surface area contributed by atoms with E-state index in [1.54, 1.807) is 43.7 Å². The van der Waals surface area contributed by atoms with E-state index >= 15 is 0 Å². The zero-order chi connectivity index (χ0) is 19.8. The minimum atomic E-state index is -0.356. The first kappa shape index (κ1) is 19.5. The van der Waals surface area contributed by atoms with Gasteiger partial charge >= 0.3 is 0 Å². The maximum Gasteiger partial charge on any atom is 0.275 e. The van der Waals surface area contributed by atoms with E-state index < -0.39 is 0 Å². The molecule has 5 nitrogen and oxygen atoms in total. The number of hydrogen-bond donors (Lipinski definition) is 1. The van der Waals surface area contributed by atoms with Gasteiger partial charge in [-0.1, -0.05) is 48.0 Å². The number of amides is 1. The Morgan fingerprint density at radius 2 is 1.86 bits per heavy atom. The lowest BCUT2D eigenvalue weighted by atomic mass is 10.2. The normalized spacial score (nSPS) is 10.6. The average molecular weight is 395 g/mol. The van der Waals surface area contributed by atoms with Crippen LogP contribution in [-0.2, 0) is 6.61 Å². The maximum absolute atomic E-state index is 12.5. The van der Waals surface area contributed by atoms with Gasteiger partial charge in [-0.15, -0.1) is 0 Å². The minimum absolute atomic E-state index is 0.328. The molecule has 1 amide bonds. The summed E-state index contributed by atoms with van der Waals surface area (Å²) in [4.78, 5) is 12.5. The van der Waals surface area contributed by atoms with E-state index in [2.05, 4.69) is 10.5 Å². The third kappa shape index (κ3) is 5.34. The summed E-state index contributed by atoms with van der Waals surface area (Å²) in [5, 5.41) is 4.68. The maximum atomic E-state index is 12.5. The van der Waals surface area contributed by atoms with Gasteiger partial charge in [0.1, 0.15) is 18.1 Å². The van der Waals surface area contributed by atoms with Gasteiger partial charge < -0.3 is 9.47 Å². The van der Waals surface area contributed by atoms with E-state index in [1.807, 2.05) is 42.5 Å². The highest BCUT2D eigenvalue weighted by Gasteiger charge is 2.11. The van der Waals surface area contributed by atoms with E-state index in [1.165, 1.54) is 0 Å². The Morgan fingerprint density at radius 3 is 2.64 bits per heavy atom. The molecular weight excluding hydrogens is 376 g/mol. The summed E-state index contributed by atoms with van der Waals surface area (Å²) in [6.45, 7) is 0.328. The van der Waals surface area contributed by atoms with Gasteiger partial charge in [0.2, 0.25) is 0 Å². The van der Waals surface area contributed by atoms with E-state index in [0.717, 1.165) is 16.9 Å². The first-order chi connectivity index (χ1) is 13.7. The van der Waals surface area contributed by atoms with Crippen LogP contribution in [0.3, 0.4) is 0 Å². The van der Waals surface area contributed by atoms with Crippen molar-refractivity contribution in [3.05, 3.63) is 94.5 Å². The molecule has 0 aliphatic heterocycles. The summed E-state index contributed by atoms with van der Waals surface area (Å²) in [5.41, 5.74) is 4.69. The molecule has 0 aromatic heterocycles. The molecule has 0 fully saturated rings. The van der Waals surface area contributed by atoms with Crippen molar-refractivity contribution in [3.63, 3.8) is 0 Å². The van der Waals surface area contributed by atoms with E-state index in [9.17, 15) is 4.79 Å². The number of benzene rings is 3. The van der Waals surface area contributed by atoms with Crippen molar-refractivity contribution in [3.8, 4) is 11.5 Å². The van der Waals surface area contributed by atoms with Gasteiger partial charge in [0, 0.05) is 5.02 Å². The van der Waals surface area contributed by atoms with Gasteiger partial charge in [0.25, 0.3) is 5.91 Å². The number of nitrogens with one attached hydrogen (secondary N) is 1.